The zero-order valence-electron chi connectivity index (χ0n) is 11.4. The Balaban J connectivity index is 2.28. The Morgan fingerprint density at radius 2 is 1.85 bits per heavy atom. The summed E-state index contributed by atoms with van der Waals surface area (Å²) in [5.41, 5.74) is 0.951. The molecule has 0 radical (unpaired) electrons. The van der Waals surface area contributed by atoms with Gasteiger partial charge >= 0.3 is 5.97 Å². The van der Waals surface area contributed by atoms with Gasteiger partial charge in [0.15, 0.2) is 0 Å². The smallest absolute Gasteiger partial charge is 0.345 e. The van der Waals surface area contributed by atoms with E-state index in [0.717, 1.165) is 0 Å². The third kappa shape index (κ3) is 3.09. The van der Waals surface area contributed by atoms with Crippen molar-refractivity contribution in [3.63, 3.8) is 0 Å². The van der Waals surface area contributed by atoms with Gasteiger partial charge in [-0.2, -0.15) is 0 Å². The molecular weight excluding hydrogens is 254 g/mol. The molecule has 2 aromatic rings. The summed E-state index contributed by atoms with van der Waals surface area (Å²) in [5.74, 6) is -0.420. The average molecular weight is 269 g/mol. The first-order valence-corrected chi connectivity index (χ1v) is 6.31. The molecule has 0 fully saturated rings. The molecule has 1 heterocycles. The highest BCUT2D eigenvalue weighted by Gasteiger charge is 2.20. The lowest BCUT2D eigenvalue weighted by molar-refractivity contribution is -0.118. The largest absolute Gasteiger partial charge is 0.423 e. The first kappa shape index (κ1) is 13.9. The number of pyridine rings is 1. The molecule has 1 atom stereocenters. The van der Waals surface area contributed by atoms with Gasteiger partial charge in [0, 0.05) is 18.3 Å². The van der Waals surface area contributed by atoms with Gasteiger partial charge in [0.2, 0.25) is 0 Å². The van der Waals surface area contributed by atoms with Crippen molar-refractivity contribution >= 4 is 11.8 Å². The summed E-state index contributed by atoms with van der Waals surface area (Å²) in [7, 11) is 0. The van der Waals surface area contributed by atoms with Crippen LogP contribution in [-0.4, -0.2) is 16.7 Å². The highest BCUT2D eigenvalue weighted by Crippen LogP contribution is 2.21. The summed E-state index contributed by atoms with van der Waals surface area (Å²) < 4.78 is 5.28. The molecule has 1 aromatic carbocycles. The number of ketones is 1. The molecule has 0 aliphatic carbocycles. The van der Waals surface area contributed by atoms with Gasteiger partial charge in [-0.1, -0.05) is 25.1 Å². The van der Waals surface area contributed by atoms with E-state index in [-0.39, 0.29) is 11.7 Å². The van der Waals surface area contributed by atoms with Crippen molar-refractivity contribution in [3.8, 4) is 5.75 Å². The molecule has 0 spiro atoms. The minimum Gasteiger partial charge on any atom is -0.423 e. The number of benzene rings is 1. The van der Waals surface area contributed by atoms with Gasteiger partial charge in [-0.05, 0) is 30.7 Å². The maximum atomic E-state index is 12.2. The van der Waals surface area contributed by atoms with Crippen LogP contribution in [0.15, 0.2) is 48.8 Å². The van der Waals surface area contributed by atoms with Crippen LogP contribution < -0.4 is 4.74 Å². The lowest BCUT2D eigenvalue weighted by Crippen LogP contribution is -2.15. The summed E-state index contributed by atoms with van der Waals surface area (Å²) >= 11 is 0. The van der Waals surface area contributed by atoms with Crippen LogP contribution in [0.2, 0.25) is 0 Å². The van der Waals surface area contributed by atoms with Crippen LogP contribution in [0.5, 0.6) is 5.75 Å². The van der Waals surface area contributed by atoms with Gasteiger partial charge in [0.25, 0.3) is 0 Å². The Morgan fingerprint density at radius 3 is 2.50 bits per heavy atom. The predicted octanol–water partition coefficient (Wildman–Crippen LogP) is 2.99. The van der Waals surface area contributed by atoms with Gasteiger partial charge in [-0.25, -0.2) is 4.79 Å². The third-order valence-electron chi connectivity index (χ3n) is 3.10. The molecule has 0 aliphatic heterocycles. The molecule has 1 aromatic heterocycles. The minimum absolute atomic E-state index is 0.00930. The van der Waals surface area contributed by atoms with Crippen LogP contribution >= 0.6 is 0 Å². The molecule has 4 nitrogen and oxygen atoms in total. The van der Waals surface area contributed by atoms with E-state index in [2.05, 4.69) is 4.98 Å². The SMILES string of the molecule is CC(=O)C(C)c1ccncc1C(=O)Oc1ccccc1. The van der Waals surface area contributed by atoms with Gasteiger partial charge in [-0.3, -0.25) is 9.78 Å². The summed E-state index contributed by atoms with van der Waals surface area (Å²) in [4.78, 5) is 27.6. The number of carbonyl (C=O) groups is 2. The van der Waals surface area contributed by atoms with Crippen LogP contribution in [0, 0.1) is 0 Å². The minimum atomic E-state index is -0.507. The summed E-state index contributed by atoms with van der Waals surface area (Å²) in [6.07, 6.45) is 2.99. The normalized spacial score (nSPS) is 11.7. The molecule has 1 unspecified atom stereocenters. The molecule has 102 valence electrons. The summed E-state index contributed by atoms with van der Waals surface area (Å²) in [6.45, 7) is 3.26. The van der Waals surface area contributed by atoms with Crippen molar-refractivity contribution in [2.45, 2.75) is 19.8 Å². The van der Waals surface area contributed by atoms with Gasteiger partial charge < -0.3 is 4.74 Å². The monoisotopic (exact) mass is 269 g/mol. The van der Waals surface area contributed by atoms with Crippen LogP contribution in [0.3, 0.4) is 0 Å². The van der Waals surface area contributed by atoms with Crippen LogP contribution in [0.4, 0.5) is 0 Å². The first-order chi connectivity index (χ1) is 9.59. The van der Waals surface area contributed by atoms with Gasteiger partial charge in [-0.15, -0.1) is 0 Å². The fourth-order valence-corrected chi connectivity index (χ4v) is 1.82. The Bertz CT molecular complexity index is 623. The number of nitrogens with zero attached hydrogens (tertiary/aromatic N) is 1. The fourth-order valence-electron chi connectivity index (χ4n) is 1.82. The predicted molar refractivity (Wildman–Crippen MR) is 74.7 cm³/mol. The van der Waals surface area contributed by atoms with Crippen LogP contribution in [0.1, 0.15) is 35.7 Å². The second-order valence-corrected chi connectivity index (χ2v) is 4.50. The first-order valence-electron chi connectivity index (χ1n) is 6.31. The Morgan fingerprint density at radius 1 is 1.15 bits per heavy atom. The van der Waals surface area contributed by atoms with E-state index in [1.807, 2.05) is 6.07 Å². The van der Waals surface area contributed by atoms with E-state index in [4.69, 9.17) is 4.74 Å². The molecule has 4 heteroatoms. The molecule has 20 heavy (non-hydrogen) atoms. The number of carbonyl (C=O) groups excluding carboxylic acids is 2. The molecule has 0 amide bonds. The van der Waals surface area contributed by atoms with Crippen LogP contribution in [-0.2, 0) is 4.79 Å². The average Bonchev–Trinajstić information content (AvgIpc) is 2.47. The fraction of sp³-hybridized carbons (Fsp3) is 0.188. The Kier molecular flexibility index (Phi) is 4.25. The van der Waals surface area contributed by atoms with Crippen molar-refractivity contribution in [2.75, 3.05) is 0 Å². The molecule has 0 aliphatic rings. The Labute approximate surface area is 117 Å². The Hall–Kier alpha value is -2.49. The van der Waals surface area contributed by atoms with E-state index >= 15 is 0 Å². The number of para-hydroxylation sites is 1. The quantitative estimate of drug-likeness (QED) is 0.632. The molecule has 0 bridgehead atoms. The summed E-state index contributed by atoms with van der Waals surface area (Å²) in [5, 5.41) is 0. The highest BCUT2D eigenvalue weighted by molar-refractivity contribution is 5.95. The summed E-state index contributed by atoms with van der Waals surface area (Å²) in [6, 6.07) is 10.5. The van der Waals surface area contributed by atoms with Gasteiger partial charge in [0.05, 0.1) is 5.56 Å². The second kappa shape index (κ2) is 6.10. The molecule has 0 saturated heterocycles. The zero-order chi connectivity index (χ0) is 14.5. The van der Waals surface area contributed by atoms with E-state index in [9.17, 15) is 9.59 Å². The van der Waals surface area contributed by atoms with Gasteiger partial charge in [0.1, 0.15) is 11.5 Å². The number of esters is 1. The molecule has 0 N–H and O–H groups in total. The topological polar surface area (TPSA) is 56.3 Å². The third-order valence-corrected chi connectivity index (χ3v) is 3.10. The van der Waals surface area contributed by atoms with E-state index in [1.54, 1.807) is 43.5 Å². The van der Waals surface area contributed by atoms with Crippen molar-refractivity contribution in [1.29, 1.82) is 0 Å². The zero-order valence-corrected chi connectivity index (χ0v) is 11.4. The molecule has 0 saturated carbocycles. The number of aromatic nitrogens is 1. The second-order valence-electron chi connectivity index (χ2n) is 4.50. The lowest BCUT2D eigenvalue weighted by Gasteiger charge is -2.12. The lowest BCUT2D eigenvalue weighted by atomic mass is 9.94. The van der Waals surface area contributed by atoms with E-state index in [1.165, 1.54) is 13.1 Å². The maximum absolute atomic E-state index is 12.2. The maximum Gasteiger partial charge on any atom is 0.345 e. The van der Waals surface area contributed by atoms with Crippen LogP contribution in [0.25, 0.3) is 0 Å². The number of hydrogen-bond acceptors (Lipinski definition) is 4. The number of hydrogen-bond donors (Lipinski definition) is 0. The number of ether oxygens (including phenoxy) is 1. The van der Waals surface area contributed by atoms with Crippen molar-refractivity contribution in [3.05, 3.63) is 59.9 Å². The van der Waals surface area contributed by atoms with E-state index in [0.29, 0.717) is 16.9 Å². The molecular formula is C16H15NO3. The van der Waals surface area contributed by atoms with Crippen molar-refractivity contribution < 1.29 is 14.3 Å². The number of rotatable bonds is 4. The standard InChI is InChI=1S/C16H15NO3/c1-11(12(2)18)14-8-9-17-10-15(14)16(19)20-13-6-4-3-5-7-13/h3-11H,1-2H3. The molecule has 2 rings (SSSR count). The van der Waals surface area contributed by atoms with Crippen molar-refractivity contribution in [2.24, 2.45) is 0 Å². The number of Topliss-reactive ketones (excluding diaryl/α,β-unsaturated/α-hetero) is 1. The van der Waals surface area contributed by atoms with E-state index < -0.39 is 5.97 Å². The highest BCUT2D eigenvalue weighted by atomic mass is 16.5. The van der Waals surface area contributed by atoms with Crippen molar-refractivity contribution in [1.82, 2.24) is 4.98 Å².